The first-order valence-electron chi connectivity index (χ1n) is 7.36. The van der Waals surface area contributed by atoms with Gasteiger partial charge in [-0.05, 0) is 49.8 Å². The number of nitrogens with one attached hydrogen (secondary N) is 1. The monoisotopic (exact) mass is 275 g/mol. The second kappa shape index (κ2) is 5.79. The number of pyridine rings is 1. The highest BCUT2D eigenvalue weighted by Crippen LogP contribution is 2.37. The number of carboxylic acid groups (broad SMARTS) is 1. The minimum Gasteiger partial charge on any atom is -0.480 e. The van der Waals surface area contributed by atoms with Gasteiger partial charge in [-0.15, -0.1) is 0 Å². The molecular weight excluding hydrogens is 254 g/mol. The third kappa shape index (κ3) is 3.10. The molecule has 0 bridgehead atoms. The number of hydrogen-bond donors (Lipinski definition) is 2. The Morgan fingerprint density at radius 3 is 2.95 bits per heavy atom. The van der Waals surface area contributed by atoms with Crippen molar-refractivity contribution in [1.29, 1.82) is 0 Å². The van der Waals surface area contributed by atoms with Gasteiger partial charge in [-0.1, -0.05) is 6.07 Å². The molecule has 1 aromatic heterocycles. The summed E-state index contributed by atoms with van der Waals surface area (Å²) in [5.74, 6) is 1.14. The lowest BCUT2D eigenvalue weighted by Crippen LogP contribution is -2.41. The molecule has 5 nitrogen and oxygen atoms in total. The van der Waals surface area contributed by atoms with Gasteiger partial charge in [-0.3, -0.25) is 9.69 Å². The van der Waals surface area contributed by atoms with Crippen molar-refractivity contribution in [3.63, 3.8) is 0 Å². The molecule has 5 heteroatoms. The van der Waals surface area contributed by atoms with Gasteiger partial charge in [-0.2, -0.15) is 0 Å². The minimum absolute atomic E-state index is 0.255. The third-order valence-electron chi connectivity index (χ3n) is 4.27. The number of carboxylic acids is 1. The van der Waals surface area contributed by atoms with Crippen LogP contribution in [0.3, 0.4) is 0 Å². The van der Waals surface area contributed by atoms with Crippen LogP contribution in [0.2, 0.25) is 0 Å². The summed E-state index contributed by atoms with van der Waals surface area (Å²) < 4.78 is 0. The third-order valence-corrected chi connectivity index (χ3v) is 4.27. The predicted octanol–water partition coefficient (Wildman–Crippen LogP) is 1.68. The van der Waals surface area contributed by atoms with Gasteiger partial charge < -0.3 is 10.4 Å². The molecule has 1 saturated heterocycles. The first kappa shape index (κ1) is 13.4. The molecule has 0 amide bonds. The first-order valence-corrected chi connectivity index (χ1v) is 7.36. The maximum Gasteiger partial charge on any atom is 0.321 e. The van der Waals surface area contributed by atoms with Crippen LogP contribution in [0, 0.1) is 11.8 Å². The van der Waals surface area contributed by atoms with Gasteiger partial charge in [-0.25, -0.2) is 4.98 Å². The van der Waals surface area contributed by atoms with E-state index in [9.17, 15) is 9.90 Å². The standard InChI is InChI=1S/C15H21N3O2/c19-15(20)14(12-4-5-12)18-8-6-11(10-18)9-17-13-3-1-2-7-16-13/h1-3,7,11-12,14H,4-6,8-10H2,(H,16,17)(H,19,20). The lowest BCUT2D eigenvalue weighted by atomic mass is 10.1. The highest BCUT2D eigenvalue weighted by atomic mass is 16.4. The van der Waals surface area contributed by atoms with Crippen LogP contribution < -0.4 is 5.32 Å². The van der Waals surface area contributed by atoms with Gasteiger partial charge in [0.2, 0.25) is 0 Å². The summed E-state index contributed by atoms with van der Waals surface area (Å²) in [4.78, 5) is 17.8. The Morgan fingerprint density at radius 1 is 1.45 bits per heavy atom. The van der Waals surface area contributed by atoms with E-state index in [1.54, 1.807) is 6.20 Å². The van der Waals surface area contributed by atoms with Crippen LogP contribution in [-0.2, 0) is 4.79 Å². The summed E-state index contributed by atoms with van der Waals surface area (Å²) in [6, 6.07) is 5.56. The van der Waals surface area contributed by atoms with Crippen LogP contribution in [0.25, 0.3) is 0 Å². The molecule has 1 aromatic rings. The van der Waals surface area contributed by atoms with E-state index in [2.05, 4.69) is 15.2 Å². The zero-order chi connectivity index (χ0) is 13.9. The lowest BCUT2D eigenvalue weighted by Gasteiger charge is -2.24. The van der Waals surface area contributed by atoms with Gasteiger partial charge in [0.15, 0.2) is 0 Å². The van der Waals surface area contributed by atoms with Crippen LogP contribution in [-0.4, -0.2) is 46.6 Å². The highest BCUT2D eigenvalue weighted by molar-refractivity contribution is 5.74. The van der Waals surface area contributed by atoms with Crippen molar-refractivity contribution >= 4 is 11.8 Å². The average Bonchev–Trinajstić information content (AvgIpc) is 3.16. The van der Waals surface area contributed by atoms with E-state index in [1.165, 1.54) is 0 Å². The number of aliphatic carboxylic acids is 1. The molecular formula is C15H21N3O2. The van der Waals surface area contributed by atoms with Crippen LogP contribution in [0.4, 0.5) is 5.82 Å². The molecule has 1 saturated carbocycles. The maximum atomic E-state index is 11.4. The molecule has 108 valence electrons. The summed E-state index contributed by atoms with van der Waals surface area (Å²) >= 11 is 0. The van der Waals surface area contributed by atoms with E-state index in [0.717, 1.165) is 44.7 Å². The second-order valence-corrected chi connectivity index (χ2v) is 5.87. The van der Waals surface area contributed by atoms with E-state index >= 15 is 0 Å². The van der Waals surface area contributed by atoms with E-state index in [1.807, 2.05) is 18.2 Å². The Bertz CT molecular complexity index is 461. The minimum atomic E-state index is -0.647. The van der Waals surface area contributed by atoms with Crippen LogP contribution in [0.5, 0.6) is 0 Å². The fourth-order valence-electron chi connectivity index (χ4n) is 3.07. The van der Waals surface area contributed by atoms with Gasteiger partial charge in [0.05, 0.1) is 0 Å². The molecule has 2 fully saturated rings. The van der Waals surface area contributed by atoms with Crippen molar-refractivity contribution in [2.24, 2.45) is 11.8 Å². The van der Waals surface area contributed by atoms with Crippen molar-refractivity contribution < 1.29 is 9.90 Å². The SMILES string of the molecule is O=C(O)C(C1CC1)N1CCC(CNc2ccccn2)C1. The van der Waals surface area contributed by atoms with E-state index in [-0.39, 0.29) is 6.04 Å². The molecule has 2 heterocycles. The summed E-state index contributed by atoms with van der Waals surface area (Å²) in [5.41, 5.74) is 0. The maximum absolute atomic E-state index is 11.4. The summed E-state index contributed by atoms with van der Waals surface area (Å²) in [6.45, 7) is 2.65. The zero-order valence-electron chi connectivity index (χ0n) is 11.5. The molecule has 2 N–H and O–H groups in total. The molecule has 1 aliphatic carbocycles. The first-order chi connectivity index (χ1) is 9.74. The number of rotatable bonds is 6. The van der Waals surface area contributed by atoms with E-state index in [4.69, 9.17) is 0 Å². The highest BCUT2D eigenvalue weighted by Gasteiger charge is 2.42. The summed E-state index contributed by atoms with van der Waals surface area (Å²) in [5, 5.41) is 12.7. The fourth-order valence-corrected chi connectivity index (χ4v) is 3.07. The number of anilines is 1. The van der Waals surface area contributed by atoms with Gasteiger partial charge >= 0.3 is 5.97 Å². The van der Waals surface area contributed by atoms with Crippen molar-refractivity contribution in [3.05, 3.63) is 24.4 Å². The molecule has 0 spiro atoms. The number of hydrogen-bond acceptors (Lipinski definition) is 4. The lowest BCUT2D eigenvalue weighted by molar-refractivity contribution is -0.143. The Kier molecular flexibility index (Phi) is 3.87. The van der Waals surface area contributed by atoms with Crippen LogP contribution in [0.1, 0.15) is 19.3 Å². The summed E-state index contributed by atoms with van der Waals surface area (Å²) in [7, 11) is 0. The second-order valence-electron chi connectivity index (χ2n) is 5.87. The molecule has 1 aliphatic heterocycles. The van der Waals surface area contributed by atoms with Gasteiger partial charge in [0, 0.05) is 19.3 Å². The zero-order valence-corrected chi connectivity index (χ0v) is 11.5. The molecule has 0 radical (unpaired) electrons. The molecule has 3 rings (SSSR count). The Hall–Kier alpha value is -1.62. The largest absolute Gasteiger partial charge is 0.480 e. The Balaban J connectivity index is 1.50. The predicted molar refractivity (Wildman–Crippen MR) is 76.6 cm³/mol. The van der Waals surface area contributed by atoms with Crippen molar-refractivity contribution in [2.75, 3.05) is 25.0 Å². The smallest absolute Gasteiger partial charge is 0.321 e. The Morgan fingerprint density at radius 2 is 2.30 bits per heavy atom. The van der Waals surface area contributed by atoms with Gasteiger partial charge in [0.1, 0.15) is 11.9 Å². The number of likely N-dealkylation sites (tertiary alicyclic amines) is 1. The number of nitrogens with zero attached hydrogens (tertiary/aromatic N) is 2. The topological polar surface area (TPSA) is 65.5 Å². The summed E-state index contributed by atoms with van der Waals surface area (Å²) in [6.07, 6.45) is 4.99. The molecule has 20 heavy (non-hydrogen) atoms. The fraction of sp³-hybridized carbons (Fsp3) is 0.600. The normalized spacial score (nSPS) is 24.5. The molecule has 2 atom stereocenters. The van der Waals surface area contributed by atoms with Gasteiger partial charge in [0.25, 0.3) is 0 Å². The van der Waals surface area contributed by atoms with Crippen molar-refractivity contribution in [3.8, 4) is 0 Å². The van der Waals surface area contributed by atoms with E-state index in [0.29, 0.717) is 11.8 Å². The molecule has 0 aromatic carbocycles. The molecule has 2 unspecified atom stereocenters. The van der Waals surface area contributed by atoms with Crippen LogP contribution >= 0.6 is 0 Å². The average molecular weight is 275 g/mol. The number of aromatic nitrogens is 1. The van der Waals surface area contributed by atoms with Crippen LogP contribution in [0.15, 0.2) is 24.4 Å². The van der Waals surface area contributed by atoms with Crippen molar-refractivity contribution in [1.82, 2.24) is 9.88 Å². The quantitative estimate of drug-likeness (QED) is 0.827. The van der Waals surface area contributed by atoms with E-state index < -0.39 is 5.97 Å². The Labute approximate surface area is 119 Å². The number of carbonyl (C=O) groups is 1. The van der Waals surface area contributed by atoms with Crippen molar-refractivity contribution in [2.45, 2.75) is 25.3 Å². The molecule has 2 aliphatic rings.